The van der Waals surface area contributed by atoms with Crippen LogP contribution in [-0.2, 0) is 17.6 Å². The van der Waals surface area contributed by atoms with Crippen LogP contribution in [0.4, 0.5) is 0 Å². The molecule has 1 fully saturated rings. The van der Waals surface area contributed by atoms with Crippen LogP contribution in [0.1, 0.15) is 37.3 Å². The van der Waals surface area contributed by atoms with E-state index in [2.05, 4.69) is 19.1 Å². The van der Waals surface area contributed by atoms with Gasteiger partial charge in [-0.05, 0) is 61.3 Å². The first-order valence-electron chi connectivity index (χ1n) is 7.75. The van der Waals surface area contributed by atoms with Crippen LogP contribution in [0.25, 0.3) is 0 Å². The molecule has 0 saturated carbocycles. The topological polar surface area (TPSA) is 29.5 Å². The zero-order chi connectivity index (χ0) is 13.9. The fourth-order valence-electron chi connectivity index (χ4n) is 3.29. The first-order valence-corrected chi connectivity index (χ1v) is 7.75. The van der Waals surface area contributed by atoms with Gasteiger partial charge in [-0.25, -0.2) is 0 Å². The molecule has 1 amide bonds. The van der Waals surface area contributed by atoms with E-state index in [4.69, 9.17) is 4.74 Å². The van der Waals surface area contributed by atoms with Gasteiger partial charge in [0.1, 0.15) is 5.75 Å². The van der Waals surface area contributed by atoms with Gasteiger partial charge in [0.2, 0.25) is 0 Å². The van der Waals surface area contributed by atoms with E-state index < -0.39 is 0 Å². The van der Waals surface area contributed by atoms with Crippen molar-refractivity contribution in [3.63, 3.8) is 0 Å². The summed E-state index contributed by atoms with van der Waals surface area (Å²) in [5.74, 6) is 1.58. The van der Waals surface area contributed by atoms with E-state index >= 15 is 0 Å². The minimum absolute atomic E-state index is 0.122. The molecule has 0 aromatic heterocycles. The molecule has 0 N–H and O–H groups in total. The minimum Gasteiger partial charge on any atom is -0.484 e. The molecule has 3 rings (SSSR count). The van der Waals surface area contributed by atoms with Crippen LogP contribution < -0.4 is 4.74 Å². The maximum atomic E-state index is 12.2. The van der Waals surface area contributed by atoms with Crippen molar-refractivity contribution in [2.75, 3.05) is 19.7 Å². The Kier molecular flexibility index (Phi) is 3.95. The molecule has 2 aliphatic rings. The number of hydrogen-bond acceptors (Lipinski definition) is 2. The van der Waals surface area contributed by atoms with E-state index in [9.17, 15) is 4.79 Å². The number of piperidine rings is 1. The first kappa shape index (κ1) is 13.5. The summed E-state index contributed by atoms with van der Waals surface area (Å²) in [7, 11) is 0. The second-order valence-electron chi connectivity index (χ2n) is 6.16. The third kappa shape index (κ3) is 2.97. The van der Waals surface area contributed by atoms with Crippen LogP contribution in [-0.4, -0.2) is 30.5 Å². The Hall–Kier alpha value is -1.51. The van der Waals surface area contributed by atoms with E-state index in [1.807, 2.05) is 11.0 Å². The number of aryl methyl sites for hydroxylation is 2. The second-order valence-corrected chi connectivity index (χ2v) is 6.16. The fourth-order valence-corrected chi connectivity index (χ4v) is 3.29. The third-order valence-electron chi connectivity index (χ3n) is 4.44. The molecule has 1 aromatic rings. The van der Waals surface area contributed by atoms with Gasteiger partial charge in [-0.3, -0.25) is 4.79 Å². The van der Waals surface area contributed by atoms with E-state index in [1.54, 1.807) is 0 Å². The summed E-state index contributed by atoms with van der Waals surface area (Å²) in [6.07, 6.45) is 5.91. The van der Waals surface area contributed by atoms with Gasteiger partial charge < -0.3 is 9.64 Å². The molecule has 108 valence electrons. The highest BCUT2D eigenvalue weighted by Gasteiger charge is 2.21. The van der Waals surface area contributed by atoms with Crippen molar-refractivity contribution in [1.82, 2.24) is 4.90 Å². The lowest BCUT2D eigenvalue weighted by Crippen LogP contribution is -2.41. The maximum Gasteiger partial charge on any atom is 0.260 e. The number of amides is 1. The molecule has 1 aliphatic carbocycles. The van der Waals surface area contributed by atoms with E-state index in [-0.39, 0.29) is 12.5 Å². The predicted octanol–water partition coefficient (Wildman–Crippen LogP) is 2.81. The molecule has 1 heterocycles. The average Bonchev–Trinajstić information content (AvgIpc) is 2.92. The van der Waals surface area contributed by atoms with E-state index in [0.717, 1.165) is 31.7 Å². The zero-order valence-electron chi connectivity index (χ0n) is 12.2. The van der Waals surface area contributed by atoms with E-state index in [0.29, 0.717) is 5.92 Å². The molecule has 3 heteroatoms. The highest BCUT2D eigenvalue weighted by molar-refractivity contribution is 5.77. The number of carbonyl (C=O) groups excluding carboxylic acids is 1. The Morgan fingerprint density at radius 3 is 3.00 bits per heavy atom. The number of likely N-dealkylation sites (tertiary alicyclic amines) is 1. The van der Waals surface area contributed by atoms with Crippen LogP contribution in [0.5, 0.6) is 5.75 Å². The molecule has 1 aromatic carbocycles. The van der Waals surface area contributed by atoms with Crippen molar-refractivity contribution < 1.29 is 9.53 Å². The highest BCUT2D eigenvalue weighted by atomic mass is 16.5. The van der Waals surface area contributed by atoms with Crippen LogP contribution in [0.15, 0.2) is 18.2 Å². The number of hydrogen-bond donors (Lipinski definition) is 0. The summed E-state index contributed by atoms with van der Waals surface area (Å²) in [6.45, 7) is 4.15. The Bertz CT molecular complexity index is 498. The lowest BCUT2D eigenvalue weighted by Gasteiger charge is -2.30. The van der Waals surface area contributed by atoms with Gasteiger partial charge in [-0.2, -0.15) is 0 Å². The number of ether oxygens (including phenoxy) is 1. The fraction of sp³-hybridized carbons (Fsp3) is 0.588. The zero-order valence-corrected chi connectivity index (χ0v) is 12.2. The third-order valence-corrected chi connectivity index (χ3v) is 4.44. The number of rotatable bonds is 3. The minimum atomic E-state index is 0.122. The van der Waals surface area contributed by atoms with Crippen molar-refractivity contribution in [1.29, 1.82) is 0 Å². The van der Waals surface area contributed by atoms with Gasteiger partial charge in [0.05, 0.1) is 0 Å². The Morgan fingerprint density at radius 1 is 1.30 bits per heavy atom. The summed E-state index contributed by atoms with van der Waals surface area (Å²) < 4.78 is 5.69. The van der Waals surface area contributed by atoms with Gasteiger partial charge in [-0.15, -0.1) is 0 Å². The molecule has 1 saturated heterocycles. The van der Waals surface area contributed by atoms with Crippen molar-refractivity contribution in [3.05, 3.63) is 29.3 Å². The lowest BCUT2D eigenvalue weighted by molar-refractivity contribution is -0.135. The SMILES string of the molecule is CC1CCCN(C(=O)COc2ccc3c(c2)CCC3)C1. The maximum absolute atomic E-state index is 12.2. The Labute approximate surface area is 120 Å². The van der Waals surface area contributed by atoms with Gasteiger partial charge >= 0.3 is 0 Å². The molecular formula is C17H23NO2. The average molecular weight is 273 g/mol. The van der Waals surface area contributed by atoms with Crippen LogP contribution in [0.3, 0.4) is 0 Å². The summed E-state index contributed by atoms with van der Waals surface area (Å²) in [5, 5.41) is 0. The molecule has 20 heavy (non-hydrogen) atoms. The molecule has 0 bridgehead atoms. The number of carbonyl (C=O) groups is 1. The Morgan fingerprint density at radius 2 is 2.15 bits per heavy atom. The van der Waals surface area contributed by atoms with E-state index in [1.165, 1.54) is 30.4 Å². The summed E-state index contributed by atoms with van der Waals surface area (Å²) in [5.41, 5.74) is 2.83. The van der Waals surface area contributed by atoms with Crippen LogP contribution in [0, 0.1) is 5.92 Å². The molecular weight excluding hydrogens is 250 g/mol. The molecule has 0 radical (unpaired) electrons. The standard InChI is InChI=1S/C17H23NO2/c1-13-4-3-9-18(11-13)17(19)12-20-16-8-7-14-5-2-6-15(14)10-16/h7-8,10,13H,2-6,9,11-12H2,1H3. The second kappa shape index (κ2) is 5.86. The van der Waals surface area contributed by atoms with Crippen molar-refractivity contribution in [2.45, 2.75) is 39.0 Å². The van der Waals surface area contributed by atoms with Gasteiger partial charge in [0.25, 0.3) is 5.91 Å². The summed E-state index contributed by atoms with van der Waals surface area (Å²) in [6, 6.07) is 6.25. The molecule has 1 unspecified atom stereocenters. The van der Waals surface area contributed by atoms with Gasteiger partial charge in [0, 0.05) is 13.1 Å². The quantitative estimate of drug-likeness (QED) is 0.847. The summed E-state index contributed by atoms with van der Waals surface area (Å²) in [4.78, 5) is 14.1. The van der Waals surface area contributed by atoms with Gasteiger partial charge in [-0.1, -0.05) is 13.0 Å². The summed E-state index contributed by atoms with van der Waals surface area (Å²) >= 11 is 0. The van der Waals surface area contributed by atoms with Crippen molar-refractivity contribution in [3.8, 4) is 5.75 Å². The lowest BCUT2D eigenvalue weighted by atomic mass is 10.0. The Balaban J connectivity index is 1.55. The molecule has 3 nitrogen and oxygen atoms in total. The molecule has 0 spiro atoms. The molecule has 1 aliphatic heterocycles. The van der Waals surface area contributed by atoms with Crippen LogP contribution in [0.2, 0.25) is 0 Å². The monoisotopic (exact) mass is 273 g/mol. The normalized spacial score (nSPS) is 21.6. The van der Waals surface area contributed by atoms with Gasteiger partial charge in [0.15, 0.2) is 6.61 Å². The molecule has 1 atom stereocenters. The number of fused-ring (bicyclic) bond motifs is 1. The smallest absolute Gasteiger partial charge is 0.260 e. The van der Waals surface area contributed by atoms with Crippen LogP contribution >= 0.6 is 0 Å². The van der Waals surface area contributed by atoms with Crippen molar-refractivity contribution >= 4 is 5.91 Å². The number of nitrogens with zero attached hydrogens (tertiary/aromatic N) is 1. The number of benzene rings is 1. The highest BCUT2D eigenvalue weighted by Crippen LogP contribution is 2.26. The predicted molar refractivity (Wildman–Crippen MR) is 78.9 cm³/mol. The first-order chi connectivity index (χ1) is 9.72. The largest absolute Gasteiger partial charge is 0.484 e. The van der Waals surface area contributed by atoms with Crippen molar-refractivity contribution in [2.24, 2.45) is 5.92 Å².